The first-order valence-corrected chi connectivity index (χ1v) is 4.39. The quantitative estimate of drug-likeness (QED) is 0.619. The minimum atomic E-state index is 0.401. The average molecular weight is 157 g/mol. The van der Waals surface area contributed by atoms with Gasteiger partial charge in [-0.05, 0) is 25.9 Å². The molecule has 1 N–H and O–H groups in total. The van der Waals surface area contributed by atoms with E-state index in [1.807, 2.05) is 0 Å². The molecular weight excluding hydrogens is 142 g/mol. The van der Waals surface area contributed by atoms with Gasteiger partial charge >= 0.3 is 0 Å². The molecule has 11 heavy (non-hydrogen) atoms. The van der Waals surface area contributed by atoms with Crippen molar-refractivity contribution < 1.29 is 9.47 Å². The third kappa shape index (κ3) is 1.92. The molecule has 2 saturated heterocycles. The number of hydrogen-bond acceptors (Lipinski definition) is 3. The molecule has 2 aliphatic rings. The monoisotopic (exact) mass is 157 g/mol. The molecule has 0 bridgehead atoms. The maximum atomic E-state index is 5.76. The van der Waals surface area contributed by atoms with E-state index in [4.69, 9.17) is 9.47 Å². The molecule has 2 fully saturated rings. The molecular formula is C8H15NO2. The molecule has 0 aliphatic carbocycles. The van der Waals surface area contributed by atoms with Crippen molar-refractivity contribution in [1.29, 1.82) is 0 Å². The van der Waals surface area contributed by atoms with E-state index < -0.39 is 0 Å². The molecule has 0 saturated carbocycles. The molecule has 0 aromatic carbocycles. The molecule has 64 valence electrons. The van der Waals surface area contributed by atoms with Gasteiger partial charge in [0.1, 0.15) is 6.10 Å². The molecule has 2 heterocycles. The SMILES string of the molecule is C1CC(OC2COC2)CCN1. The van der Waals surface area contributed by atoms with Crippen LogP contribution >= 0.6 is 0 Å². The zero-order chi connectivity index (χ0) is 7.52. The molecule has 0 aromatic rings. The summed E-state index contributed by atoms with van der Waals surface area (Å²) >= 11 is 0. The summed E-state index contributed by atoms with van der Waals surface area (Å²) in [4.78, 5) is 0. The van der Waals surface area contributed by atoms with Crippen molar-refractivity contribution in [2.75, 3.05) is 26.3 Å². The number of hydrogen-bond donors (Lipinski definition) is 1. The fraction of sp³-hybridized carbons (Fsp3) is 1.00. The summed E-state index contributed by atoms with van der Waals surface area (Å²) in [6.07, 6.45) is 3.22. The fourth-order valence-corrected chi connectivity index (χ4v) is 1.50. The summed E-state index contributed by atoms with van der Waals surface area (Å²) in [5.41, 5.74) is 0. The van der Waals surface area contributed by atoms with E-state index in [0.717, 1.165) is 39.1 Å². The highest BCUT2D eigenvalue weighted by Crippen LogP contribution is 2.14. The third-order valence-electron chi connectivity index (χ3n) is 2.28. The Morgan fingerprint density at radius 3 is 2.36 bits per heavy atom. The van der Waals surface area contributed by atoms with Gasteiger partial charge in [-0.2, -0.15) is 0 Å². The van der Waals surface area contributed by atoms with Crippen LogP contribution in [0, 0.1) is 0 Å². The molecule has 0 atom stereocenters. The van der Waals surface area contributed by atoms with Gasteiger partial charge in [0.15, 0.2) is 0 Å². The van der Waals surface area contributed by atoms with Gasteiger partial charge in [0.2, 0.25) is 0 Å². The Hall–Kier alpha value is -0.120. The number of nitrogens with one attached hydrogen (secondary N) is 1. The van der Waals surface area contributed by atoms with Crippen LogP contribution in [0.3, 0.4) is 0 Å². The molecule has 0 amide bonds. The first-order chi connectivity index (χ1) is 5.45. The van der Waals surface area contributed by atoms with Crippen molar-refractivity contribution in [3.8, 4) is 0 Å². The lowest BCUT2D eigenvalue weighted by Gasteiger charge is -2.32. The van der Waals surface area contributed by atoms with Crippen molar-refractivity contribution in [2.24, 2.45) is 0 Å². The Balaban J connectivity index is 1.67. The van der Waals surface area contributed by atoms with Gasteiger partial charge in [0.05, 0.1) is 19.3 Å². The molecule has 0 aromatic heterocycles. The van der Waals surface area contributed by atoms with Crippen LogP contribution in [0.2, 0.25) is 0 Å². The van der Waals surface area contributed by atoms with Gasteiger partial charge < -0.3 is 14.8 Å². The summed E-state index contributed by atoms with van der Waals surface area (Å²) in [7, 11) is 0. The third-order valence-corrected chi connectivity index (χ3v) is 2.28. The van der Waals surface area contributed by atoms with Crippen LogP contribution < -0.4 is 5.32 Å². The van der Waals surface area contributed by atoms with E-state index in [1.165, 1.54) is 0 Å². The van der Waals surface area contributed by atoms with Gasteiger partial charge in [-0.3, -0.25) is 0 Å². The van der Waals surface area contributed by atoms with Crippen molar-refractivity contribution in [1.82, 2.24) is 5.32 Å². The summed E-state index contributed by atoms with van der Waals surface area (Å²) in [6.45, 7) is 3.84. The molecule has 0 unspecified atom stereocenters. The second-order valence-electron chi connectivity index (χ2n) is 3.24. The van der Waals surface area contributed by atoms with Crippen LogP contribution in [0.25, 0.3) is 0 Å². The summed E-state index contributed by atoms with van der Waals surface area (Å²) < 4.78 is 10.8. The summed E-state index contributed by atoms with van der Waals surface area (Å²) in [5.74, 6) is 0. The normalized spacial score (nSPS) is 28.4. The first kappa shape index (κ1) is 7.53. The summed E-state index contributed by atoms with van der Waals surface area (Å²) in [5, 5.41) is 3.31. The zero-order valence-corrected chi connectivity index (χ0v) is 6.71. The van der Waals surface area contributed by atoms with Crippen molar-refractivity contribution in [2.45, 2.75) is 25.0 Å². The van der Waals surface area contributed by atoms with E-state index in [2.05, 4.69) is 5.32 Å². The lowest BCUT2D eigenvalue weighted by atomic mass is 10.1. The zero-order valence-electron chi connectivity index (χ0n) is 6.71. The van der Waals surface area contributed by atoms with Crippen LogP contribution in [-0.4, -0.2) is 38.5 Å². The molecule has 3 nitrogen and oxygen atoms in total. The van der Waals surface area contributed by atoms with Crippen LogP contribution in [0.1, 0.15) is 12.8 Å². The number of piperidine rings is 1. The van der Waals surface area contributed by atoms with E-state index >= 15 is 0 Å². The maximum Gasteiger partial charge on any atom is 0.104 e. The predicted octanol–water partition coefficient (Wildman–Crippen LogP) is 0.154. The lowest BCUT2D eigenvalue weighted by Crippen LogP contribution is -2.42. The van der Waals surface area contributed by atoms with Gasteiger partial charge in [0.25, 0.3) is 0 Å². The minimum Gasteiger partial charge on any atom is -0.376 e. The second kappa shape index (κ2) is 3.52. The van der Waals surface area contributed by atoms with E-state index in [0.29, 0.717) is 12.2 Å². The van der Waals surface area contributed by atoms with Crippen molar-refractivity contribution >= 4 is 0 Å². The van der Waals surface area contributed by atoms with Crippen LogP contribution in [0.15, 0.2) is 0 Å². The van der Waals surface area contributed by atoms with Gasteiger partial charge in [0, 0.05) is 0 Å². The highest BCUT2D eigenvalue weighted by molar-refractivity contribution is 4.73. The average Bonchev–Trinajstić information content (AvgIpc) is 1.99. The van der Waals surface area contributed by atoms with Crippen molar-refractivity contribution in [3.05, 3.63) is 0 Å². The smallest absolute Gasteiger partial charge is 0.104 e. The Morgan fingerprint density at radius 2 is 1.82 bits per heavy atom. The van der Waals surface area contributed by atoms with Crippen LogP contribution in [-0.2, 0) is 9.47 Å². The summed E-state index contributed by atoms with van der Waals surface area (Å²) in [6, 6.07) is 0. The Labute approximate surface area is 67.1 Å². The Kier molecular flexibility index (Phi) is 2.41. The van der Waals surface area contributed by atoms with E-state index in [9.17, 15) is 0 Å². The van der Waals surface area contributed by atoms with E-state index in [1.54, 1.807) is 0 Å². The molecule has 0 radical (unpaired) electrons. The first-order valence-electron chi connectivity index (χ1n) is 4.39. The second-order valence-corrected chi connectivity index (χ2v) is 3.24. The molecule has 0 spiro atoms. The van der Waals surface area contributed by atoms with Crippen LogP contribution in [0.5, 0.6) is 0 Å². The molecule has 2 rings (SSSR count). The largest absolute Gasteiger partial charge is 0.376 e. The topological polar surface area (TPSA) is 30.5 Å². The van der Waals surface area contributed by atoms with Crippen LogP contribution in [0.4, 0.5) is 0 Å². The minimum absolute atomic E-state index is 0.401. The van der Waals surface area contributed by atoms with E-state index in [-0.39, 0.29) is 0 Å². The predicted molar refractivity (Wildman–Crippen MR) is 41.6 cm³/mol. The Bertz CT molecular complexity index is 119. The highest BCUT2D eigenvalue weighted by Gasteiger charge is 2.24. The highest BCUT2D eigenvalue weighted by atomic mass is 16.6. The van der Waals surface area contributed by atoms with Gasteiger partial charge in [-0.1, -0.05) is 0 Å². The fourth-order valence-electron chi connectivity index (χ4n) is 1.50. The molecule has 3 heteroatoms. The lowest BCUT2D eigenvalue weighted by molar-refractivity contribution is -0.158. The van der Waals surface area contributed by atoms with Gasteiger partial charge in [-0.25, -0.2) is 0 Å². The number of rotatable bonds is 2. The molecule has 2 aliphatic heterocycles. The van der Waals surface area contributed by atoms with Gasteiger partial charge in [-0.15, -0.1) is 0 Å². The number of ether oxygens (including phenoxy) is 2. The Morgan fingerprint density at radius 1 is 1.09 bits per heavy atom. The standard InChI is InChI=1S/C8H15NO2/c1-3-9-4-2-7(1)11-8-5-10-6-8/h7-9H,1-6H2. The maximum absolute atomic E-state index is 5.76. The van der Waals surface area contributed by atoms with Crippen molar-refractivity contribution in [3.63, 3.8) is 0 Å².